The van der Waals surface area contributed by atoms with Gasteiger partial charge >= 0.3 is 0 Å². The molecular formula is C14H17N5O2. The van der Waals surface area contributed by atoms with Crippen molar-refractivity contribution < 1.29 is 9.90 Å². The molecule has 1 amide bonds. The van der Waals surface area contributed by atoms with Gasteiger partial charge in [0.25, 0.3) is 5.91 Å². The van der Waals surface area contributed by atoms with Crippen LogP contribution in [0.4, 0.5) is 5.82 Å². The van der Waals surface area contributed by atoms with Crippen molar-refractivity contribution in [3.63, 3.8) is 0 Å². The lowest BCUT2D eigenvalue weighted by Crippen LogP contribution is -2.39. The Kier molecular flexibility index (Phi) is 3.47. The first-order valence-electron chi connectivity index (χ1n) is 6.88. The van der Waals surface area contributed by atoms with Crippen molar-refractivity contribution in [3.05, 3.63) is 36.3 Å². The molecule has 1 saturated heterocycles. The summed E-state index contributed by atoms with van der Waals surface area (Å²) in [5.41, 5.74) is 5.92. The number of hydrogen-bond donors (Lipinski definition) is 2. The quantitative estimate of drug-likeness (QED) is 0.860. The van der Waals surface area contributed by atoms with Crippen LogP contribution in [0, 0.1) is 0 Å². The van der Waals surface area contributed by atoms with Crippen LogP contribution in [0.3, 0.4) is 0 Å². The Bertz CT molecular complexity index is 646. The van der Waals surface area contributed by atoms with Crippen molar-refractivity contribution in [1.29, 1.82) is 0 Å². The summed E-state index contributed by atoms with van der Waals surface area (Å²) in [4.78, 5) is 17.9. The standard InChI is InChI=1S/C14H17N5O2/c15-13-4-8-19(17-13)10-2-6-18(7-3-10)14(21)11-1-5-16-9-12(11)20/h1,4-5,8-10,20H,2-3,6-7H2,(H2,15,17). The van der Waals surface area contributed by atoms with E-state index in [2.05, 4.69) is 10.1 Å². The highest BCUT2D eigenvalue weighted by Gasteiger charge is 2.26. The number of pyridine rings is 1. The molecular weight excluding hydrogens is 270 g/mol. The first-order valence-corrected chi connectivity index (χ1v) is 6.88. The van der Waals surface area contributed by atoms with E-state index < -0.39 is 0 Å². The number of carbonyl (C=O) groups is 1. The number of nitrogen functional groups attached to an aromatic ring is 1. The van der Waals surface area contributed by atoms with E-state index in [-0.39, 0.29) is 17.7 Å². The van der Waals surface area contributed by atoms with Crippen molar-refractivity contribution in [2.24, 2.45) is 0 Å². The number of carbonyl (C=O) groups excluding carboxylic acids is 1. The molecule has 0 spiro atoms. The zero-order valence-corrected chi connectivity index (χ0v) is 11.5. The predicted molar refractivity (Wildman–Crippen MR) is 76.7 cm³/mol. The summed E-state index contributed by atoms with van der Waals surface area (Å²) in [6.07, 6.45) is 6.29. The fraction of sp³-hybridized carbons (Fsp3) is 0.357. The Morgan fingerprint density at radius 3 is 2.71 bits per heavy atom. The average molecular weight is 287 g/mol. The van der Waals surface area contributed by atoms with Gasteiger partial charge in [0.15, 0.2) is 0 Å². The summed E-state index contributed by atoms with van der Waals surface area (Å²) >= 11 is 0. The van der Waals surface area contributed by atoms with Gasteiger partial charge in [-0.1, -0.05) is 0 Å². The lowest BCUT2D eigenvalue weighted by Gasteiger charge is -2.32. The molecule has 0 aliphatic carbocycles. The Labute approximate surface area is 122 Å². The molecule has 3 N–H and O–H groups in total. The van der Waals surface area contributed by atoms with E-state index in [0.717, 1.165) is 12.8 Å². The first kappa shape index (κ1) is 13.4. The van der Waals surface area contributed by atoms with Crippen molar-refractivity contribution in [2.45, 2.75) is 18.9 Å². The van der Waals surface area contributed by atoms with E-state index in [1.54, 1.807) is 11.0 Å². The molecule has 0 saturated carbocycles. The van der Waals surface area contributed by atoms with Gasteiger partial charge in [0.05, 0.1) is 17.8 Å². The molecule has 1 aliphatic rings. The number of anilines is 1. The van der Waals surface area contributed by atoms with Gasteiger partial charge in [-0.3, -0.25) is 14.5 Å². The Hall–Kier alpha value is -2.57. The second kappa shape index (κ2) is 5.43. The Balaban J connectivity index is 1.66. The van der Waals surface area contributed by atoms with Crippen molar-refractivity contribution in [1.82, 2.24) is 19.7 Å². The maximum Gasteiger partial charge on any atom is 0.257 e. The van der Waals surface area contributed by atoms with Gasteiger partial charge in [-0.25, -0.2) is 0 Å². The molecule has 3 rings (SSSR count). The molecule has 0 bridgehead atoms. The lowest BCUT2D eigenvalue weighted by atomic mass is 10.0. The second-order valence-corrected chi connectivity index (χ2v) is 5.14. The van der Waals surface area contributed by atoms with E-state index >= 15 is 0 Å². The van der Waals surface area contributed by atoms with Crippen LogP contribution in [0.25, 0.3) is 0 Å². The van der Waals surface area contributed by atoms with Gasteiger partial charge < -0.3 is 15.7 Å². The molecule has 21 heavy (non-hydrogen) atoms. The molecule has 1 fully saturated rings. The third-order valence-electron chi connectivity index (χ3n) is 3.79. The van der Waals surface area contributed by atoms with Gasteiger partial charge in [-0.2, -0.15) is 5.10 Å². The number of rotatable bonds is 2. The lowest BCUT2D eigenvalue weighted by molar-refractivity contribution is 0.0687. The highest BCUT2D eigenvalue weighted by Crippen LogP contribution is 2.25. The van der Waals surface area contributed by atoms with E-state index in [1.807, 2.05) is 10.9 Å². The van der Waals surface area contributed by atoms with E-state index in [9.17, 15) is 9.90 Å². The summed E-state index contributed by atoms with van der Waals surface area (Å²) in [6.45, 7) is 1.26. The maximum absolute atomic E-state index is 12.4. The maximum atomic E-state index is 12.4. The summed E-state index contributed by atoms with van der Waals surface area (Å²) in [6, 6.07) is 3.57. The van der Waals surface area contributed by atoms with Gasteiger partial charge in [-0.15, -0.1) is 0 Å². The number of aromatic nitrogens is 3. The third kappa shape index (κ3) is 2.67. The minimum absolute atomic E-state index is 0.0792. The molecule has 0 atom stereocenters. The van der Waals surface area contributed by atoms with Crippen LogP contribution in [0.1, 0.15) is 29.2 Å². The van der Waals surface area contributed by atoms with Gasteiger partial charge in [-0.05, 0) is 25.0 Å². The number of nitrogens with two attached hydrogens (primary N) is 1. The third-order valence-corrected chi connectivity index (χ3v) is 3.79. The zero-order chi connectivity index (χ0) is 14.8. The molecule has 1 aliphatic heterocycles. The molecule has 0 unspecified atom stereocenters. The smallest absolute Gasteiger partial charge is 0.257 e. The second-order valence-electron chi connectivity index (χ2n) is 5.14. The van der Waals surface area contributed by atoms with Crippen LogP contribution in [0.2, 0.25) is 0 Å². The molecule has 7 nitrogen and oxygen atoms in total. The predicted octanol–water partition coefficient (Wildman–Crippen LogP) is 1.04. The first-order chi connectivity index (χ1) is 10.1. The van der Waals surface area contributed by atoms with E-state index in [4.69, 9.17) is 5.73 Å². The normalized spacial score (nSPS) is 16.1. The number of piperidine rings is 1. The monoisotopic (exact) mass is 287 g/mol. The van der Waals surface area contributed by atoms with Gasteiger partial charge in [0.2, 0.25) is 0 Å². The largest absolute Gasteiger partial charge is 0.505 e. The number of nitrogens with zero attached hydrogens (tertiary/aromatic N) is 4. The van der Waals surface area contributed by atoms with Crippen molar-refractivity contribution in [3.8, 4) is 5.75 Å². The molecule has 0 aromatic carbocycles. The summed E-state index contributed by atoms with van der Waals surface area (Å²) in [5, 5.41) is 13.9. The molecule has 2 aromatic heterocycles. The number of likely N-dealkylation sites (tertiary alicyclic amines) is 1. The van der Waals surface area contributed by atoms with E-state index in [0.29, 0.717) is 24.5 Å². The minimum atomic E-state index is -0.159. The van der Waals surface area contributed by atoms with Crippen LogP contribution < -0.4 is 5.73 Å². The SMILES string of the molecule is Nc1ccn(C2CCN(C(=O)c3ccncc3O)CC2)n1. The fourth-order valence-electron chi connectivity index (χ4n) is 2.63. The fourth-order valence-corrected chi connectivity index (χ4v) is 2.63. The van der Waals surface area contributed by atoms with Gasteiger partial charge in [0.1, 0.15) is 11.6 Å². The number of hydrogen-bond acceptors (Lipinski definition) is 5. The molecule has 7 heteroatoms. The van der Waals surface area contributed by atoms with Crippen LogP contribution in [0.15, 0.2) is 30.7 Å². The number of aromatic hydroxyl groups is 1. The number of amides is 1. The highest BCUT2D eigenvalue weighted by molar-refractivity contribution is 5.96. The van der Waals surface area contributed by atoms with Gasteiger partial charge in [0, 0.05) is 25.5 Å². The zero-order valence-electron chi connectivity index (χ0n) is 11.5. The molecule has 2 aromatic rings. The van der Waals surface area contributed by atoms with Crippen LogP contribution >= 0.6 is 0 Å². The summed E-state index contributed by atoms with van der Waals surface area (Å²) < 4.78 is 1.86. The summed E-state index contributed by atoms with van der Waals surface area (Å²) in [5.74, 6) is 0.271. The van der Waals surface area contributed by atoms with Crippen LogP contribution in [-0.2, 0) is 0 Å². The Morgan fingerprint density at radius 2 is 2.10 bits per heavy atom. The molecule has 0 radical (unpaired) electrons. The van der Waals surface area contributed by atoms with E-state index in [1.165, 1.54) is 18.5 Å². The average Bonchev–Trinajstić information content (AvgIpc) is 2.94. The van der Waals surface area contributed by atoms with Crippen LogP contribution in [-0.4, -0.2) is 43.8 Å². The van der Waals surface area contributed by atoms with Crippen molar-refractivity contribution in [2.75, 3.05) is 18.8 Å². The highest BCUT2D eigenvalue weighted by atomic mass is 16.3. The van der Waals surface area contributed by atoms with Crippen LogP contribution in [0.5, 0.6) is 5.75 Å². The Morgan fingerprint density at radius 1 is 1.33 bits per heavy atom. The minimum Gasteiger partial charge on any atom is -0.505 e. The summed E-state index contributed by atoms with van der Waals surface area (Å²) in [7, 11) is 0. The van der Waals surface area contributed by atoms with Crippen molar-refractivity contribution >= 4 is 11.7 Å². The molecule has 3 heterocycles. The topological polar surface area (TPSA) is 97.3 Å². The molecule has 110 valence electrons.